The minimum atomic E-state index is -1.06. The second kappa shape index (κ2) is 15.4. The van der Waals surface area contributed by atoms with Gasteiger partial charge in [-0.3, -0.25) is 4.99 Å². The molecule has 1 aromatic carbocycles. The van der Waals surface area contributed by atoms with Crippen LogP contribution in [0.2, 0.25) is 0 Å². The maximum Gasteiger partial charge on any atom is 0.149 e. The van der Waals surface area contributed by atoms with Gasteiger partial charge in [0.05, 0.1) is 12.1 Å². The second-order valence-corrected chi connectivity index (χ2v) is 5.49. The van der Waals surface area contributed by atoms with Gasteiger partial charge in [-0.1, -0.05) is 24.3 Å². The maximum absolute atomic E-state index is 13.3. The molecule has 0 saturated heterocycles. The average Bonchev–Trinajstić information content (AvgIpc) is 2.75. The standard InChI is InChI=1S/C15H14F3N5.C4H8.C3H4/c16-6-12(18)8-22-15(23-20)13-5-10(7-21-14(13)19)9-2-1-3-11(17)4-9;1-3-4-2;1-3-2/h1-7H,8,20H2,(H2,19,21)(H,22,23);3-4H,1-2H3;1H,2H3/b12-6-;4-3-;. The molecule has 0 saturated carbocycles. The molecule has 5 nitrogen and oxygen atoms in total. The van der Waals surface area contributed by atoms with Gasteiger partial charge in [-0.25, -0.2) is 24.0 Å². The number of nitrogens with two attached hydrogens (primary N) is 2. The Balaban J connectivity index is 0.00000105. The lowest BCUT2D eigenvalue weighted by atomic mass is 10.0. The van der Waals surface area contributed by atoms with Crippen LogP contribution in [0, 0.1) is 18.2 Å². The van der Waals surface area contributed by atoms with Crippen LogP contribution in [0.15, 0.2) is 65.8 Å². The fraction of sp³-hybridized carbons (Fsp3) is 0.182. The summed E-state index contributed by atoms with van der Waals surface area (Å²) >= 11 is 0. The first kappa shape index (κ1) is 26.4. The number of rotatable bonds is 4. The van der Waals surface area contributed by atoms with E-state index in [-0.39, 0.29) is 18.0 Å². The first-order chi connectivity index (χ1) is 14.4. The Morgan fingerprint density at radius 1 is 1.27 bits per heavy atom. The Bertz CT molecular complexity index is 911. The van der Waals surface area contributed by atoms with Crippen LogP contribution < -0.4 is 17.0 Å². The zero-order valence-electron chi connectivity index (χ0n) is 17.2. The molecule has 160 valence electrons. The summed E-state index contributed by atoms with van der Waals surface area (Å²) in [5, 5.41) is 0. The lowest BCUT2D eigenvalue weighted by Crippen LogP contribution is -2.32. The highest BCUT2D eigenvalue weighted by molar-refractivity contribution is 6.03. The van der Waals surface area contributed by atoms with Crippen molar-refractivity contribution >= 4 is 11.7 Å². The molecule has 5 N–H and O–H groups in total. The van der Waals surface area contributed by atoms with E-state index in [1.807, 2.05) is 26.0 Å². The molecule has 0 radical (unpaired) electrons. The minimum absolute atomic E-state index is 0.0326. The fourth-order valence-electron chi connectivity index (χ4n) is 1.89. The molecule has 1 heterocycles. The Kier molecular flexibility index (Phi) is 13.5. The van der Waals surface area contributed by atoms with Crippen LogP contribution in [0.25, 0.3) is 11.1 Å². The number of nitrogen functional groups attached to an aromatic ring is 1. The number of anilines is 1. The molecule has 0 aliphatic rings. The zero-order valence-corrected chi connectivity index (χ0v) is 17.2. The number of halogens is 3. The summed E-state index contributed by atoms with van der Waals surface area (Å²) in [4.78, 5) is 7.80. The normalized spacial score (nSPS) is 11.0. The zero-order chi connectivity index (χ0) is 22.9. The highest BCUT2D eigenvalue weighted by Gasteiger charge is 2.11. The highest BCUT2D eigenvalue weighted by Crippen LogP contribution is 2.23. The van der Waals surface area contributed by atoms with Crippen molar-refractivity contribution in [1.82, 2.24) is 10.4 Å². The van der Waals surface area contributed by atoms with Crippen molar-refractivity contribution in [2.75, 3.05) is 12.3 Å². The van der Waals surface area contributed by atoms with Crippen molar-refractivity contribution in [3.8, 4) is 23.5 Å². The third-order valence-electron chi connectivity index (χ3n) is 3.31. The quantitative estimate of drug-likeness (QED) is 0.168. The fourth-order valence-corrected chi connectivity index (χ4v) is 1.89. The van der Waals surface area contributed by atoms with Gasteiger partial charge in [0.2, 0.25) is 0 Å². The predicted molar refractivity (Wildman–Crippen MR) is 118 cm³/mol. The van der Waals surface area contributed by atoms with Gasteiger partial charge in [0.25, 0.3) is 0 Å². The number of benzene rings is 1. The number of hydrogen-bond acceptors (Lipinski definition) is 4. The van der Waals surface area contributed by atoms with Crippen molar-refractivity contribution < 1.29 is 13.2 Å². The number of aliphatic imine (C=N–C) groups is 1. The van der Waals surface area contributed by atoms with Crippen LogP contribution in [0.1, 0.15) is 26.3 Å². The molecule has 2 aromatic rings. The Hall–Kier alpha value is -3.57. The molecule has 0 fully saturated rings. The molecule has 0 bridgehead atoms. The number of terminal acetylenes is 1. The molecule has 0 aliphatic carbocycles. The lowest BCUT2D eigenvalue weighted by molar-refractivity contribution is 0.570. The summed E-state index contributed by atoms with van der Waals surface area (Å²) in [7, 11) is 0. The second-order valence-electron chi connectivity index (χ2n) is 5.49. The van der Waals surface area contributed by atoms with Gasteiger partial charge in [-0.15, -0.1) is 12.3 Å². The summed E-state index contributed by atoms with van der Waals surface area (Å²) in [6.07, 6.45) is 9.87. The average molecular weight is 417 g/mol. The van der Waals surface area contributed by atoms with Gasteiger partial charge in [-0.05, 0) is 44.5 Å². The van der Waals surface area contributed by atoms with E-state index in [0.717, 1.165) is 0 Å². The monoisotopic (exact) mass is 417 g/mol. The van der Waals surface area contributed by atoms with E-state index in [1.165, 1.54) is 18.3 Å². The van der Waals surface area contributed by atoms with Crippen LogP contribution in [0.4, 0.5) is 19.0 Å². The molecular formula is C22H26F3N5. The first-order valence-electron chi connectivity index (χ1n) is 8.80. The SMILES string of the molecule is C#CC.C/C=C\C.NNC(=NC/C(F)=C/F)c1cc(-c2cccc(F)c2)cnc1N. The van der Waals surface area contributed by atoms with Gasteiger partial charge < -0.3 is 11.2 Å². The smallest absolute Gasteiger partial charge is 0.149 e. The Morgan fingerprint density at radius 3 is 2.40 bits per heavy atom. The number of pyridine rings is 1. The number of hydrogen-bond donors (Lipinski definition) is 3. The van der Waals surface area contributed by atoms with Crippen molar-refractivity contribution in [2.24, 2.45) is 10.8 Å². The summed E-state index contributed by atoms with van der Waals surface area (Å²) in [6, 6.07) is 7.47. The summed E-state index contributed by atoms with van der Waals surface area (Å²) < 4.78 is 38.2. The molecular weight excluding hydrogens is 391 g/mol. The van der Waals surface area contributed by atoms with E-state index in [9.17, 15) is 13.2 Å². The third-order valence-corrected chi connectivity index (χ3v) is 3.31. The van der Waals surface area contributed by atoms with Crippen molar-refractivity contribution in [3.05, 3.63) is 72.2 Å². The van der Waals surface area contributed by atoms with Crippen molar-refractivity contribution in [1.29, 1.82) is 0 Å². The van der Waals surface area contributed by atoms with Crippen molar-refractivity contribution in [2.45, 2.75) is 20.8 Å². The third kappa shape index (κ3) is 9.57. The van der Waals surface area contributed by atoms with Crippen LogP contribution in [-0.4, -0.2) is 17.4 Å². The van der Waals surface area contributed by atoms with E-state index in [4.69, 9.17) is 11.6 Å². The molecule has 0 spiro atoms. The van der Waals surface area contributed by atoms with Gasteiger partial charge in [0, 0.05) is 11.8 Å². The maximum atomic E-state index is 13.3. The number of nitrogens with one attached hydrogen (secondary N) is 1. The molecule has 1 aromatic heterocycles. The van der Waals surface area contributed by atoms with Gasteiger partial charge in [0.1, 0.15) is 29.6 Å². The van der Waals surface area contributed by atoms with Crippen LogP contribution >= 0.6 is 0 Å². The van der Waals surface area contributed by atoms with Gasteiger partial charge in [0.15, 0.2) is 0 Å². The lowest BCUT2D eigenvalue weighted by Gasteiger charge is -2.10. The van der Waals surface area contributed by atoms with Gasteiger partial charge >= 0.3 is 0 Å². The van der Waals surface area contributed by atoms with Crippen LogP contribution in [-0.2, 0) is 0 Å². The number of nitrogens with zero attached hydrogens (tertiary/aromatic N) is 2. The number of allylic oxidation sites excluding steroid dienone is 2. The topological polar surface area (TPSA) is 89.3 Å². The minimum Gasteiger partial charge on any atom is -0.383 e. The number of aromatic nitrogens is 1. The van der Waals surface area contributed by atoms with E-state index >= 15 is 0 Å². The van der Waals surface area contributed by atoms with Crippen molar-refractivity contribution in [3.63, 3.8) is 0 Å². The first-order valence-corrected chi connectivity index (χ1v) is 8.80. The largest absolute Gasteiger partial charge is 0.383 e. The number of hydrazine groups is 1. The molecule has 30 heavy (non-hydrogen) atoms. The number of amidine groups is 1. The summed E-state index contributed by atoms with van der Waals surface area (Å²) in [5.41, 5.74) is 9.47. The molecule has 0 amide bonds. The summed E-state index contributed by atoms with van der Waals surface area (Å²) in [6.45, 7) is 5.11. The van der Waals surface area contributed by atoms with Crippen LogP contribution in [0.3, 0.4) is 0 Å². The molecule has 0 unspecified atom stereocenters. The van der Waals surface area contributed by atoms with Gasteiger partial charge in [-0.2, -0.15) is 0 Å². The van der Waals surface area contributed by atoms with E-state index < -0.39 is 18.2 Å². The van der Waals surface area contributed by atoms with E-state index in [2.05, 4.69) is 27.7 Å². The molecule has 0 aliphatic heterocycles. The highest BCUT2D eigenvalue weighted by atomic mass is 19.2. The Morgan fingerprint density at radius 2 is 1.90 bits per heavy atom. The van der Waals surface area contributed by atoms with E-state index in [1.54, 1.807) is 25.1 Å². The Labute approximate surface area is 175 Å². The predicted octanol–water partition coefficient (Wildman–Crippen LogP) is 4.68. The molecule has 8 heteroatoms. The van der Waals surface area contributed by atoms with Crippen LogP contribution in [0.5, 0.6) is 0 Å². The molecule has 2 rings (SSSR count). The summed E-state index contributed by atoms with van der Waals surface area (Å²) in [5.74, 6) is 6.26. The van der Waals surface area contributed by atoms with E-state index in [0.29, 0.717) is 16.7 Å². The molecule has 0 atom stereocenters.